The first-order chi connectivity index (χ1) is 9.22. The van der Waals surface area contributed by atoms with Crippen LogP contribution in [0, 0.1) is 6.92 Å². The van der Waals surface area contributed by atoms with Gasteiger partial charge in [-0.15, -0.1) is 0 Å². The maximum atomic E-state index is 4.59. The van der Waals surface area contributed by atoms with Gasteiger partial charge in [-0.1, -0.05) is 25.1 Å². The van der Waals surface area contributed by atoms with E-state index in [0.717, 1.165) is 30.0 Å². The van der Waals surface area contributed by atoms with Gasteiger partial charge in [0.25, 0.3) is 0 Å². The molecule has 4 nitrogen and oxygen atoms in total. The molecule has 1 aromatic carbocycles. The van der Waals surface area contributed by atoms with Gasteiger partial charge in [-0.2, -0.15) is 4.98 Å². The van der Waals surface area contributed by atoms with Crippen molar-refractivity contribution >= 4 is 17.5 Å². The number of nitrogens with zero attached hydrogens (tertiary/aromatic N) is 3. The van der Waals surface area contributed by atoms with Gasteiger partial charge in [0.2, 0.25) is 5.95 Å². The lowest BCUT2D eigenvalue weighted by Gasteiger charge is -2.20. The molecule has 0 saturated heterocycles. The first kappa shape index (κ1) is 13.3. The molecule has 2 rings (SSSR count). The molecule has 1 N–H and O–H groups in total. The van der Waals surface area contributed by atoms with Gasteiger partial charge in [0.05, 0.1) is 0 Å². The molecule has 0 atom stereocenters. The van der Waals surface area contributed by atoms with Crippen LogP contribution in [0.1, 0.15) is 18.9 Å². The quantitative estimate of drug-likeness (QED) is 0.890. The lowest BCUT2D eigenvalue weighted by atomic mass is 10.2. The highest BCUT2D eigenvalue weighted by Gasteiger charge is 2.10. The average Bonchev–Trinajstić information content (AvgIpc) is 2.46. The fraction of sp³-hybridized carbons (Fsp3) is 0.333. The Morgan fingerprint density at radius 1 is 1.21 bits per heavy atom. The maximum Gasteiger partial charge on any atom is 0.224 e. The summed E-state index contributed by atoms with van der Waals surface area (Å²) in [6.07, 6.45) is 2.92. The molecule has 0 saturated carbocycles. The molecule has 0 bridgehead atoms. The number of hydrogen-bond donors (Lipinski definition) is 1. The Morgan fingerprint density at radius 2 is 1.95 bits per heavy atom. The highest BCUT2D eigenvalue weighted by molar-refractivity contribution is 5.62. The molecule has 2 aromatic rings. The van der Waals surface area contributed by atoms with Crippen LogP contribution in [0.4, 0.5) is 17.5 Å². The third-order valence-corrected chi connectivity index (χ3v) is 2.94. The fourth-order valence-corrected chi connectivity index (χ4v) is 1.87. The maximum absolute atomic E-state index is 4.59. The van der Waals surface area contributed by atoms with Gasteiger partial charge in [0.15, 0.2) is 0 Å². The van der Waals surface area contributed by atoms with Gasteiger partial charge in [-0.3, -0.25) is 0 Å². The summed E-state index contributed by atoms with van der Waals surface area (Å²) in [5, 5.41) is 3.22. The second kappa shape index (κ2) is 6.18. The minimum absolute atomic E-state index is 0.685. The molecule has 100 valence electrons. The van der Waals surface area contributed by atoms with Gasteiger partial charge in [-0.05, 0) is 25.5 Å². The molecule has 0 aliphatic carbocycles. The summed E-state index contributed by atoms with van der Waals surface area (Å²) in [6.45, 7) is 5.04. The number of anilines is 3. The highest BCUT2D eigenvalue weighted by Crippen LogP contribution is 2.24. The van der Waals surface area contributed by atoms with E-state index in [4.69, 9.17) is 0 Å². The predicted octanol–water partition coefficient (Wildman–Crippen LogP) is 3.37. The Hall–Kier alpha value is -2.10. The minimum atomic E-state index is 0.685. The topological polar surface area (TPSA) is 41.1 Å². The summed E-state index contributed by atoms with van der Waals surface area (Å²) in [4.78, 5) is 11.0. The van der Waals surface area contributed by atoms with E-state index in [1.54, 1.807) is 0 Å². The summed E-state index contributed by atoms with van der Waals surface area (Å²) >= 11 is 0. The Kier molecular flexibility index (Phi) is 4.34. The standard InChI is InChI=1S/C15H20N4/c1-4-10-16-15-17-11-12(2)14(18-15)19(3)13-8-6-5-7-9-13/h5-9,11H,4,10H2,1-3H3,(H,16,17,18). The first-order valence-corrected chi connectivity index (χ1v) is 6.58. The van der Waals surface area contributed by atoms with Crippen LogP contribution in [0.2, 0.25) is 0 Å². The van der Waals surface area contributed by atoms with Crippen molar-refractivity contribution in [2.24, 2.45) is 0 Å². The van der Waals surface area contributed by atoms with Crippen LogP contribution in [0.15, 0.2) is 36.5 Å². The molecule has 1 aromatic heterocycles. The number of benzene rings is 1. The van der Waals surface area contributed by atoms with Crippen LogP contribution in [-0.2, 0) is 0 Å². The Balaban J connectivity index is 2.28. The zero-order valence-electron chi connectivity index (χ0n) is 11.7. The van der Waals surface area contributed by atoms with Crippen molar-refractivity contribution in [2.45, 2.75) is 20.3 Å². The summed E-state index contributed by atoms with van der Waals surface area (Å²) < 4.78 is 0. The number of hydrogen-bond acceptors (Lipinski definition) is 4. The molecular formula is C15H20N4. The minimum Gasteiger partial charge on any atom is -0.354 e. The van der Waals surface area contributed by atoms with E-state index in [2.05, 4.69) is 39.2 Å². The van der Waals surface area contributed by atoms with Crippen LogP contribution >= 0.6 is 0 Å². The van der Waals surface area contributed by atoms with Gasteiger partial charge < -0.3 is 10.2 Å². The average molecular weight is 256 g/mol. The van der Waals surface area contributed by atoms with E-state index in [0.29, 0.717) is 5.95 Å². The second-order valence-corrected chi connectivity index (χ2v) is 4.52. The number of aromatic nitrogens is 2. The van der Waals surface area contributed by atoms with Gasteiger partial charge in [-0.25, -0.2) is 4.98 Å². The van der Waals surface area contributed by atoms with Crippen LogP contribution in [-0.4, -0.2) is 23.6 Å². The summed E-state index contributed by atoms with van der Waals surface area (Å²) in [5.41, 5.74) is 2.18. The van der Waals surface area contributed by atoms with Gasteiger partial charge >= 0.3 is 0 Å². The van der Waals surface area contributed by atoms with E-state index in [1.807, 2.05) is 38.4 Å². The summed E-state index contributed by atoms with van der Waals surface area (Å²) in [6, 6.07) is 10.2. The molecule has 0 aliphatic rings. The molecule has 4 heteroatoms. The second-order valence-electron chi connectivity index (χ2n) is 4.52. The van der Waals surface area contributed by atoms with E-state index in [9.17, 15) is 0 Å². The molecular weight excluding hydrogens is 236 g/mol. The van der Waals surface area contributed by atoms with Crippen molar-refractivity contribution in [1.29, 1.82) is 0 Å². The van der Waals surface area contributed by atoms with Crippen molar-refractivity contribution in [3.8, 4) is 0 Å². The molecule has 0 aliphatic heterocycles. The van der Waals surface area contributed by atoms with Gasteiger partial charge in [0.1, 0.15) is 5.82 Å². The molecule has 1 heterocycles. The van der Waals surface area contributed by atoms with Crippen molar-refractivity contribution in [2.75, 3.05) is 23.8 Å². The molecule has 0 unspecified atom stereocenters. The SMILES string of the molecule is CCCNc1ncc(C)c(N(C)c2ccccc2)n1. The number of rotatable bonds is 5. The third-order valence-electron chi connectivity index (χ3n) is 2.94. The van der Waals surface area contributed by atoms with Crippen molar-refractivity contribution in [1.82, 2.24) is 9.97 Å². The Morgan fingerprint density at radius 3 is 2.63 bits per heavy atom. The van der Waals surface area contributed by atoms with Crippen molar-refractivity contribution < 1.29 is 0 Å². The summed E-state index contributed by atoms with van der Waals surface area (Å²) in [5.74, 6) is 1.62. The van der Waals surface area contributed by atoms with Gasteiger partial charge in [0, 0.05) is 31.0 Å². The number of para-hydroxylation sites is 1. The number of nitrogens with one attached hydrogen (secondary N) is 1. The molecule has 19 heavy (non-hydrogen) atoms. The van der Waals surface area contributed by atoms with Crippen molar-refractivity contribution in [3.05, 3.63) is 42.1 Å². The monoisotopic (exact) mass is 256 g/mol. The van der Waals surface area contributed by atoms with E-state index < -0.39 is 0 Å². The lowest BCUT2D eigenvalue weighted by molar-refractivity contribution is 0.944. The molecule has 0 amide bonds. The Labute approximate surface area is 114 Å². The smallest absolute Gasteiger partial charge is 0.224 e. The molecule has 0 radical (unpaired) electrons. The van der Waals surface area contributed by atoms with E-state index >= 15 is 0 Å². The molecule has 0 spiro atoms. The fourth-order valence-electron chi connectivity index (χ4n) is 1.87. The van der Waals surface area contributed by atoms with E-state index in [-0.39, 0.29) is 0 Å². The lowest BCUT2D eigenvalue weighted by Crippen LogP contribution is -2.15. The van der Waals surface area contributed by atoms with Crippen LogP contribution < -0.4 is 10.2 Å². The third kappa shape index (κ3) is 3.22. The summed E-state index contributed by atoms with van der Waals surface area (Å²) in [7, 11) is 2.02. The predicted molar refractivity (Wildman–Crippen MR) is 80.1 cm³/mol. The van der Waals surface area contributed by atoms with Crippen LogP contribution in [0.25, 0.3) is 0 Å². The van der Waals surface area contributed by atoms with Crippen LogP contribution in [0.5, 0.6) is 0 Å². The zero-order valence-corrected chi connectivity index (χ0v) is 11.7. The molecule has 0 fully saturated rings. The Bertz CT molecular complexity index is 525. The van der Waals surface area contributed by atoms with E-state index in [1.165, 1.54) is 0 Å². The largest absolute Gasteiger partial charge is 0.354 e. The number of aryl methyl sites for hydroxylation is 1. The zero-order chi connectivity index (χ0) is 13.7. The van der Waals surface area contributed by atoms with Crippen molar-refractivity contribution in [3.63, 3.8) is 0 Å². The first-order valence-electron chi connectivity index (χ1n) is 6.58. The van der Waals surface area contributed by atoms with Crippen LogP contribution in [0.3, 0.4) is 0 Å². The highest BCUT2D eigenvalue weighted by atomic mass is 15.2. The normalized spacial score (nSPS) is 10.3.